The maximum atomic E-state index is 12.4. The van der Waals surface area contributed by atoms with Crippen molar-refractivity contribution in [2.45, 2.75) is 44.0 Å². The number of piperidine rings is 1. The van der Waals surface area contributed by atoms with Crippen molar-refractivity contribution >= 4 is 16.1 Å². The van der Waals surface area contributed by atoms with Crippen molar-refractivity contribution in [1.82, 2.24) is 15.5 Å². The predicted molar refractivity (Wildman–Crippen MR) is 123 cm³/mol. The van der Waals surface area contributed by atoms with Gasteiger partial charge in [0.1, 0.15) is 0 Å². The van der Waals surface area contributed by atoms with E-state index in [2.05, 4.69) is 22.8 Å². The van der Waals surface area contributed by atoms with Gasteiger partial charge in [-0.3, -0.25) is 4.55 Å². The smallest absolute Gasteiger partial charge is 0.318 e. The molecule has 0 radical (unpaired) electrons. The highest BCUT2D eigenvalue weighted by atomic mass is 32.2. The van der Waals surface area contributed by atoms with Crippen LogP contribution < -0.4 is 10.6 Å². The topological polar surface area (TPSA) is 98.7 Å². The monoisotopic (exact) mass is 447 g/mol. The fourth-order valence-electron chi connectivity index (χ4n) is 3.60. The number of hydrogen-bond donors (Lipinski definition) is 3. The standard InChI is InChI=1S/C16H25N3O.C7H8O3S/c1-3-19(4-2)15(20)18-16(10-12-17-13-11-16)14-8-6-5-7-9-14;1-6-2-4-7(5-3-6)11(8,9)10/h5-9,17H,3-4,10-13H2,1-2H3,(H,18,20);2-5H,1H3,(H,8,9,10). The van der Waals surface area contributed by atoms with E-state index in [1.807, 2.05) is 43.9 Å². The summed E-state index contributed by atoms with van der Waals surface area (Å²) in [5.41, 5.74) is 1.94. The average Bonchev–Trinajstić information content (AvgIpc) is 2.76. The number of nitrogens with one attached hydrogen (secondary N) is 2. The van der Waals surface area contributed by atoms with Gasteiger partial charge in [0.15, 0.2) is 0 Å². The van der Waals surface area contributed by atoms with Gasteiger partial charge >= 0.3 is 6.03 Å². The maximum Gasteiger partial charge on any atom is 0.318 e. The van der Waals surface area contributed by atoms with Crippen LogP contribution in [0.25, 0.3) is 0 Å². The van der Waals surface area contributed by atoms with Gasteiger partial charge in [0, 0.05) is 13.1 Å². The number of amides is 2. The Hall–Kier alpha value is -2.42. The molecule has 0 saturated carbocycles. The summed E-state index contributed by atoms with van der Waals surface area (Å²) in [6, 6.07) is 16.4. The third-order valence-electron chi connectivity index (χ3n) is 5.50. The van der Waals surface area contributed by atoms with Crippen LogP contribution in [0.5, 0.6) is 0 Å². The van der Waals surface area contributed by atoms with Crippen LogP contribution in [0.2, 0.25) is 0 Å². The van der Waals surface area contributed by atoms with Gasteiger partial charge in [-0.15, -0.1) is 0 Å². The minimum atomic E-state index is -4.02. The minimum Gasteiger partial charge on any atom is -0.328 e. The second-order valence-corrected chi connectivity index (χ2v) is 9.01. The van der Waals surface area contributed by atoms with Crippen LogP contribution in [-0.2, 0) is 15.7 Å². The van der Waals surface area contributed by atoms with E-state index < -0.39 is 10.1 Å². The van der Waals surface area contributed by atoms with Crippen LogP contribution in [0.4, 0.5) is 4.79 Å². The number of hydrogen-bond acceptors (Lipinski definition) is 4. The van der Waals surface area contributed by atoms with E-state index in [1.54, 1.807) is 12.1 Å². The zero-order chi connectivity index (χ0) is 22.9. The highest BCUT2D eigenvalue weighted by molar-refractivity contribution is 7.85. The van der Waals surface area contributed by atoms with Crippen LogP contribution >= 0.6 is 0 Å². The Morgan fingerprint density at radius 3 is 2.06 bits per heavy atom. The van der Waals surface area contributed by atoms with E-state index in [4.69, 9.17) is 4.55 Å². The first kappa shape index (κ1) is 24.8. The number of carbonyl (C=O) groups is 1. The molecule has 3 N–H and O–H groups in total. The Morgan fingerprint density at radius 1 is 1.03 bits per heavy atom. The average molecular weight is 448 g/mol. The third-order valence-corrected chi connectivity index (χ3v) is 6.37. The van der Waals surface area contributed by atoms with Crippen LogP contribution in [0.15, 0.2) is 59.5 Å². The Bertz CT molecular complexity index is 921. The number of carbonyl (C=O) groups excluding carboxylic acids is 1. The van der Waals surface area contributed by atoms with Crippen molar-refractivity contribution in [3.63, 3.8) is 0 Å². The number of rotatable bonds is 5. The lowest BCUT2D eigenvalue weighted by Crippen LogP contribution is -2.55. The van der Waals surface area contributed by atoms with E-state index >= 15 is 0 Å². The lowest BCUT2D eigenvalue weighted by atomic mass is 9.81. The first-order valence-electron chi connectivity index (χ1n) is 10.6. The highest BCUT2D eigenvalue weighted by Gasteiger charge is 2.36. The predicted octanol–water partition coefficient (Wildman–Crippen LogP) is 3.56. The molecule has 1 fully saturated rings. The lowest BCUT2D eigenvalue weighted by molar-refractivity contribution is 0.174. The van der Waals surface area contributed by atoms with Crippen molar-refractivity contribution in [2.24, 2.45) is 0 Å². The molecule has 170 valence electrons. The summed E-state index contributed by atoms with van der Waals surface area (Å²) >= 11 is 0. The minimum absolute atomic E-state index is 0.0424. The van der Waals surface area contributed by atoms with E-state index in [0.717, 1.165) is 44.6 Å². The largest absolute Gasteiger partial charge is 0.328 e. The Balaban J connectivity index is 0.000000262. The molecule has 0 spiro atoms. The SMILES string of the molecule is CCN(CC)C(=O)NC1(c2ccccc2)CCNCC1.Cc1ccc(S(=O)(=O)O)cc1. The first-order chi connectivity index (χ1) is 14.7. The maximum absolute atomic E-state index is 12.4. The quantitative estimate of drug-likeness (QED) is 0.609. The van der Waals surface area contributed by atoms with Crippen LogP contribution in [0, 0.1) is 6.92 Å². The van der Waals surface area contributed by atoms with Crippen LogP contribution in [0.3, 0.4) is 0 Å². The van der Waals surface area contributed by atoms with Crippen molar-refractivity contribution in [2.75, 3.05) is 26.2 Å². The Kier molecular flexibility index (Phi) is 9.03. The van der Waals surface area contributed by atoms with Gasteiger partial charge < -0.3 is 15.5 Å². The van der Waals surface area contributed by atoms with Gasteiger partial charge in [-0.2, -0.15) is 8.42 Å². The number of aryl methyl sites for hydroxylation is 1. The fraction of sp³-hybridized carbons (Fsp3) is 0.435. The molecule has 3 rings (SSSR count). The molecule has 0 atom stereocenters. The normalized spacial score (nSPS) is 15.4. The summed E-state index contributed by atoms with van der Waals surface area (Å²) in [5.74, 6) is 0. The van der Waals surface area contributed by atoms with E-state index in [0.29, 0.717) is 0 Å². The molecule has 0 unspecified atom stereocenters. The van der Waals surface area contributed by atoms with Gasteiger partial charge in [-0.05, 0) is 64.4 Å². The van der Waals surface area contributed by atoms with Crippen LogP contribution in [0.1, 0.15) is 37.8 Å². The molecule has 1 saturated heterocycles. The molecule has 31 heavy (non-hydrogen) atoms. The summed E-state index contributed by atoms with van der Waals surface area (Å²) in [6.07, 6.45) is 1.87. The molecule has 1 aliphatic heterocycles. The summed E-state index contributed by atoms with van der Waals surface area (Å²) in [6.45, 7) is 9.23. The fourth-order valence-corrected chi connectivity index (χ4v) is 4.08. The van der Waals surface area contributed by atoms with Gasteiger partial charge in [0.25, 0.3) is 10.1 Å². The first-order valence-corrected chi connectivity index (χ1v) is 12.0. The van der Waals surface area contributed by atoms with Gasteiger partial charge in [0.2, 0.25) is 0 Å². The number of nitrogens with zero attached hydrogens (tertiary/aromatic N) is 1. The molecule has 1 aliphatic rings. The molecular weight excluding hydrogens is 414 g/mol. The molecule has 7 nitrogen and oxygen atoms in total. The molecule has 0 aliphatic carbocycles. The summed E-state index contributed by atoms with van der Waals surface area (Å²) in [5, 5.41) is 6.67. The van der Waals surface area contributed by atoms with Crippen molar-refractivity contribution < 1.29 is 17.8 Å². The van der Waals surface area contributed by atoms with Crippen molar-refractivity contribution in [3.8, 4) is 0 Å². The zero-order valence-corrected chi connectivity index (χ0v) is 19.3. The van der Waals surface area contributed by atoms with Gasteiger partial charge in [0.05, 0.1) is 10.4 Å². The molecular formula is C23H33N3O4S. The molecule has 8 heteroatoms. The molecule has 1 heterocycles. The molecule has 2 amide bonds. The number of benzene rings is 2. The molecule has 0 bridgehead atoms. The third kappa shape index (κ3) is 7.05. The second kappa shape index (κ2) is 11.3. The summed E-state index contributed by atoms with van der Waals surface area (Å²) < 4.78 is 29.6. The summed E-state index contributed by atoms with van der Waals surface area (Å²) in [4.78, 5) is 14.2. The van der Waals surface area contributed by atoms with E-state index in [1.165, 1.54) is 17.7 Å². The van der Waals surface area contributed by atoms with E-state index in [-0.39, 0.29) is 16.5 Å². The molecule has 2 aromatic rings. The summed E-state index contributed by atoms with van der Waals surface area (Å²) in [7, 11) is -4.02. The zero-order valence-electron chi connectivity index (χ0n) is 18.5. The van der Waals surface area contributed by atoms with Gasteiger partial charge in [-0.25, -0.2) is 4.79 Å². The number of urea groups is 1. The molecule has 0 aromatic heterocycles. The molecule has 2 aromatic carbocycles. The van der Waals surface area contributed by atoms with Crippen LogP contribution in [-0.4, -0.2) is 50.1 Å². The second-order valence-electron chi connectivity index (χ2n) is 7.59. The Morgan fingerprint density at radius 2 is 1.58 bits per heavy atom. The van der Waals surface area contributed by atoms with Crippen molar-refractivity contribution in [3.05, 3.63) is 65.7 Å². The van der Waals surface area contributed by atoms with Gasteiger partial charge in [-0.1, -0.05) is 48.0 Å². The highest BCUT2D eigenvalue weighted by Crippen LogP contribution is 2.30. The van der Waals surface area contributed by atoms with Crippen molar-refractivity contribution in [1.29, 1.82) is 0 Å². The Labute approximate surface area is 185 Å². The van der Waals surface area contributed by atoms with E-state index in [9.17, 15) is 13.2 Å². The lowest BCUT2D eigenvalue weighted by Gasteiger charge is -2.40.